The quantitative estimate of drug-likeness (QED) is 0.490. The number of nitrogens with one attached hydrogen (secondary N) is 1. The number of ketones is 1. The molecule has 1 aromatic rings. The van der Waals surface area contributed by atoms with Crippen molar-refractivity contribution in [3.8, 4) is 0 Å². The van der Waals surface area contributed by atoms with E-state index in [1.807, 2.05) is 0 Å². The lowest BCUT2D eigenvalue weighted by atomic mass is 9.99. The molecule has 4 rings (SSSR count). The summed E-state index contributed by atoms with van der Waals surface area (Å²) in [6.07, 6.45) is 1.08. The highest BCUT2D eigenvalue weighted by atomic mass is 32.2. The van der Waals surface area contributed by atoms with Crippen LogP contribution in [0.25, 0.3) is 0 Å². The molecule has 1 aromatic carbocycles. The van der Waals surface area contributed by atoms with Crippen molar-refractivity contribution >= 4 is 39.1 Å². The highest BCUT2D eigenvalue weighted by Crippen LogP contribution is 2.30. The Hall–Kier alpha value is -2.86. The van der Waals surface area contributed by atoms with Gasteiger partial charge in [0, 0.05) is 13.1 Å². The number of carbonyl (C=O) groups is 3. The molecular weight excluding hydrogens is 455 g/mol. The fourth-order valence-corrected chi connectivity index (χ4v) is 5.90. The van der Waals surface area contributed by atoms with E-state index in [0.29, 0.717) is 12.8 Å². The predicted molar refractivity (Wildman–Crippen MR) is 117 cm³/mol. The lowest BCUT2D eigenvalue weighted by molar-refractivity contribution is -0.148. The molecule has 0 spiro atoms. The Bertz CT molecular complexity index is 1150. The molecule has 2 amide bonds. The zero-order valence-corrected chi connectivity index (χ0v) is 19.2. The van der Waals surface area contributed by atoms with Crippen molar-refractivity contribution in [2.45, 2.75) is 44.9 Å². The molecule has 10 nitrogen and oxygen atoms in total. The lowest BCUT2D eigenvalue weighted by Crippen LogP contribution is -2.62. The first-order valence-electron chi connectivity index (χ1n) is 10.7. The number of fused-ring (bicyclic) bond motifs is 1. The van der Waals surface area contributed by atoms with Crippen molar-refractivity contribution in [2.24, 2.45) is 4.99 Å². The van der Waals surface area contributed by atoms with Crippen molar-refractivity contribution in [3.05, 3.63) is 29.6 Å². The number of para-hydroxylation sites is 1. The number of morpholine rings is 1. The Morgan fingerprint density at radius 1 is 1.27 bits per heavy atom. The molecule has 3 heterocycles. The third-order valence-corrected chi connectivity index (χ3v) is 7.74. The monoisotopic (exact) mass is 480 g/mol. The van der Waals surface area contributed by atoms with Crippen LogP contribution in [-0.4, -0.2) is 73.8 Å². The Labute approximate surface area is 190 Å². The Morgan fingerprint density at radius 2 is 2.03 bits per heavy atom. The van der Waals surface area contributed by atoms with Crippen LogP contribution in [0.4, 0.5) is 10.1 Å². The van der Waals surface area contributed by atoms with Crippen molar-refractivity contribution < 1.29 is 31.9 Å². The minimum atomic E-state index is -3.68. The molecule has 1 atom stereocenters. The smallest absolute Gasteiger partial charge is 0.298 e. The van der Waals surface area contributed by atoms with E-state index in [9.17, 15) is 27.2 Å². The summed E-state index contributed by atoms with van der Waals surface area (Å²) in [5.41, 5.74) is -0.840. The number of carbonyl (C=O) groups excluding carboxylic acids is 3. The second-order valence-electron chi connectivity index (χ2n) is 8.60. The fourth-order valence-electron chi connectivity index (χ4n) is 4.22. The predicted octanol–water partition coefficient (Wildman–Crippen LogP) is 0.359. The fraction of sp³-hybridized carbons (Fsp3) is 0.524. The molecule has 178 valence electrons. The van der Waals surface area contributed by atoms with Gasteiger partial charge in [0.25, 0.3) is 17.6 Å². The van der Waals surface area contributed by atoms with E-state index < -0.39 is 45.1 Å². The van der Waals surface area contributed by atoms with Gasteiger partial charge >= 0.3 is 0 Å². The Morgan fingerprint density at radius 3 is 2.76 bits per heavy atom. The SMILES string of the molecule is CC1(C)OCCN2C(=O)C(=O)C(C(=O)NCc3cccc(F)c3N3CCCCS3(=O)=O)N=C21. The number of ether oxygens (including phenoxy) is 1. The molecule has 0 saturated carbocycles. The maximum absolute atomic E-state index is 14.7. The number of hydrogen-bond donors (Lipinski definition) is 1. The number of anilines is 1. The highest BCUT2D eigenvalue weighted by Gasteiger charge is 2.47. The second kappa shape index (κ2) is 8.49. The van der Waals surface area contributed by atoms with Gasteiger partial charge in [0.15, 0.2) is 6.04 Å². The average Bonchev–Trinajstić information content (AvgIpc) is 2.75. The minimum Gasteiger partial charge on any atom is -0.366 e. The molecule has 3 aliphatic rings. The van der Waals surface area contributed by atoms with Crippen molar-refractivity contribution in [2.75, 3.05) is 29.8 Å². The summed E-state index contributed by atoms with van der Waals surface area (Å²) in [4.78, 5) is 43.4. The van der Waals surface area contributed by atoms with Crippen LogP contribution in [-0.2, 0) is 35.7 Å². The van der Waals surface area contributed by atoms with Crippen LogP contribution in [0.2, 0.25) is 0 Å². The van der Waals surface area contributed by atoms with Gasteiger partial charge in [-0.2, -0.15) is 0 Å². The summed E-state index contributed by atoms with van der Waals surface area (Å²) in [6.45, 7) is 3.67. The van der Waals surface area contributed by atoms with Crippen LogP contribution < -0.4 is 9.62 Å². The molecule has 0 aromatic heterocycles. The normalized spacial score (nSPS) is 24.2. The highest BCUT2D eigenvalue weighted by molar-refractivity contribution is 7.92. The summed E-state index contributed by atoms with van der Waals surface area (Å²) in [7, 11) is -3.68. The topological polar surface area (TPSA) is 125 Å². The molecule has 33 heavy (non-hydrogen) atoms. The molecule has 3 aliphatic heterocycles. The van der Waals surface area contributed by atoms with Gasteiger partial charge in [0.2, 0.25) is 10.0 Å². The zero-order valence-electron chi connectivity index (χ0n) is 18.3. The molecule has 1 N–H and O–H groups in total. The van der Waals surface area contributed by atoms with Gasteiger partial charge in [-0.3, -0.25) is 23.6 Å². The third kappa shape index (κ3) is 4.24. The van der Waals surface area contributed by atoms with Crippen molar-refractivity contribution in [3.63, 3.8) is 0 Å². The first-order valence-corrected chi connectivity index (χ1v) is 12.3. The molecule has 1 unspecified atom stereocenters. The number of nitrogens with zero attached hydrogens (tertiary/aromatic N) is 3. The number of amidine groups is 1. The molecule has 2 saturated heterocycles. The molecule has 0 radical (unpaired) electrons. The first-order chi connectivity index (χ1) is 15.5. The number of amides is 2. The number of benzene rings is 1. The van der Waals surface area contributed by atoms with Crippen LogP contribution in [0.5, 0.6) is 0 Å². The van der Waals surface area contributed by atoms with Crippen LogP contribution in [0.1, 0.15) is 32.3 Å². The molecular formula is C21H25FN4O6S. The first kappa shape index (κ1) is 23.3. The van der Waals surface area contributed by atoms with Gasteiger partial charge in [-0.15, -0.1) is 0 Å². The van der Waals surface area contributed by atoms with Gasteiger partial charge in [0.05, 0.1) is 24.6 Å². The van der Waals surface area contributed by atoms with Gasteiger partial charge in [-0.25, -0.2) is 17.8 Å². The Balaban J connectivity index is 1.58. The van der Waals surface area contributed by atoms with Crippen LogP contribution in [0.15, 0.2) is 23.2 Å². The van der Waals surface area contributed by atoms with E-state index in [2.05, 4.69) is 10.3 Å². The zero-order chi connectivity index (χ0) is 24.0. The molecule has 0 aliphatic carbocycles. The summed E-state index contributed by atoms with van der Waals surface area (Å²) in [5.74, 6) is -3.25. The number of rotatable bonds is 4. The summed E-state index contributed by atoms with van der Waals surface area (Å²) in [6, 6.07) is 2.47. The maximum Gasteiger partial charge on any atom is 0.298 e. The van der Waals surface area contributed by atoms with E-state index in [-0.39, 0.29) is 49.1 Å². The third-order valence-electron chi connectivity index (χ3n) is 5.90. The molecule has 12 heteroatoms. The molecule has 0 bridgehead atoms. The second-order valence-corrected chi connectivity index (χ2v) is 10.6. The van der Waals surface area contributed by atoms with E-state index in [1.54, 1.807) is 13.8 Å². The summed E-state index contributed by atoms with van der Waals surface area (Å²) < 4.78 is 46.3. The summed E-state index contributed by atoms with van der Waals surface area (Å²) in [5, 5.41) is 2.51. The van der Waals surface area contributed by atoms with E-state index in [4.69, 9.17) is 4.74 Å². The van der Waals surface area contributed by atoms with Gasteiger partial charge in [-0.05, 0) is 38.3 Å². The van der Waals surface area contributed by atoms with E-state index in [1.165, 1.54) is 17.0 Å². The number of sulfonamides is 1. The van der Waals surface area contributed by atoms with Crippen molar-refractivity contribution in [1.82, 2.24) is 10.2 Å². The largest absolute Gasteiger partial charge is 0.366 e. The number of hydrogen-bond acceptors (Lipinski definition) is 7. The van der Waals surface area contributed by atoms with Crippen LogP contribution >= 0.6 is 0 Å². The maximum atomic E-state index is 14.7. The number of halogens is 1. The van der Waals surface area contributed by atoms with Gasteiger partial charge in [0.1, 0.15) is 17.3 Å². The average molecular weight is 481 g/mol. The van der Waals surface area contributed by atoms with Gasteiger partial charge in [-0.1, -0.05) is 12.1 Å². The van der Waals surface area contributed by atoms with Crippen LogP contribution in [0.3, 0.4) is 0 Å². The Kier molecular flexibility index (Phi) is 5.99. The number of Topliss-reactive ketones (excluding diaryl/α,β-unsaturated/α-hetero) is 1. The van der Waals surface area contributed by atoms with E-state index >= 15 is 0 Å². The standard InChI is InChI=1S/C21H25FN4O6S/c1-21(2)20-24-15(17(27)19(29)25(20)9-10-32-21)18(28)23-12-13-6-5-7-14(22)16(13)26-8-3-4-11-33(26,30)31/h5-7,15H,3-4,8-12H2,1-2H3,(H,23,28). The van der Waals surface area contributed by atoms with E-state index in [0.717, 1.165) is 10.4 Å². The van der Waals surface area contributed by atoms with Crippen molar-refractivity contribution in [1.29, 1.82) is 0 Å². The van der Waals surface area contributed by atoms with Gasteiger partial charge < -0.3 is 10.1 Å². The lowest BCUT2D eigenvalue weighted by Gasteiger charge is -2.41. The number of aliphatic imine (C=N–C) groups is 1. The minimum absolute atomic E-state index is 0.0856. The molecule has 2 fully saturated rings. The summed E-state index contributed by atoms with van der Waals surface area (Å²) >= 11 is 0. The van der Waals surface area contributed by atoms with Crippen LogP contribution in [0, 0.1) is 5.82 Å².